The second-order valence-corrected chi connectivity index (χ2v) is 5.86. The molecule has 2 rings (SSSR count). The number of hydrogen-bond donors (Lipinski definition) is 1. The van der Waals surface area contributed by atoms with Crippen molar-refractivity contribution in [2.45, 2.75) is 26.4 Å². The molecule has 22 heavy (non-hydrogen) atoms. The third kappa shape index (κ3) is 4.31. The van der Waals surface area contributed by atoms with Gasteiger partial charge in [0.25, 0.3) is 5.91 Å². The first-order valence-corrected chi connectivity index (χ1v) is 7.78. The number of aryl methyl sites for hydroxylation is 1. The maximum absolute atomic E-state index is 13.8. The molecule has 0 aromatic heterocycles. The number of rotatable bonds is 5. The van der Waals surface area contributed by atoms with Crippen LogP contribution in [0.15, 0.2) is 46.9 Å². The summed E-state index contributed by atoms with van der Waals surface area (Å²) in [6.45, 7) is 3.79. The number of carbonyl (C=O) groups excluding carboxylic acids is 1. The Kier molecular flexibility index (Phi) is 5.55. The van der Waals surface area contributed by atoms with Crippen molar-refractivity contribution in [2.24, 2.45) is 0 Å². The van der Waals surface area contributed by atoms with Gasteiger partial charge in [-0.05, 0) is 49.2 Å². The monoisotopic (exact) mass is 365 g/mol. The van der Waals surface area contributed by atoms with Crippen molar-refractivity contribution >= 4 is 27.5 Å². The van der Waals surface area contributed by atoms with E-state index in [-0.39, 0.29) is 11.6 Å². The number of amides is 1. The van der Waals surface area contributed by atoms with E-state index in [0.717, 1.165) is 5.56 Å². The van der Waals surface area contributed by atoms with E-state index in [1.165, 1.54) is 12.1 Å². The first kappa shape index (κ1) is 16.5. The van der Waals surface area contributed by atoms with E-state index >= 15 is 0 Å². The average molecular weight is 366 g/mol. The summed E-state index contributed by atoms with van der Waals surface area (Å²) in [4.78, 5) is 12.3. The number of halogens is 2. The number of anilines is 1. The molecule has 0 radical (unpaired) electrons. The fourth-order valence-corrected chi connectivity index (χ4v) is 2.31. The minimum atomic E-state index is -0.676. The van der Waals surface area contributed by atoms with Crippen molar-refractivity contribution in [1.29, 1.82) is 0 Å². The number of benzene rings is 2. The summed E-state index contributed by atoms with van der Waals surface area (Å²) in [5, 5.41) is 2.56. The van der Waals surface area contributed by atoms with Crippen LogP contribution in [0.4, 0.5) is 10.1 Å². The molecular weight excluding hydrogens is 349 g/mol. The minimum Gasteiger partial charge on any atom is -0.481 e. The van der Waals surface area contributed by atoms with Gasteiger partial charge in [-0.2, -0.15) is 0 Å². The van der Waals surface area contributed by atoms with Crippen LogP contribution in [0.25, 0.3) is 0 Å². The molecule has 2 aromatic rings. The zero-order valence-corrected chi connectivity index (χ0v) is 14.0. The summed E-state index contributed by atoms with van der Waals surface area (Å²) < 4.78 is 20.1. The zero-order chi connectivity index (χ0) is 16.1. The summed E-state index contributed by atoms with van der Waals surface area (Å²) in [7, 11) is 0. The smallest absolute Gasteiger partial charge is 0.265 e. The van der Waals surface area contributed by atoms with Gasteiger partial charge in [-0.15, -0.1) is 0 Å². The third-order valence-corrected chi connectivity index (χ3v) is 3.61. The first-order valence-electron chi connectivity index (χ1n) is 6.99. The fourth-order valence-electron chi connectivity index (χ4n) is 1.98. The minimum absolute atomic E-state index is 0.138. The summed E-state index contributed by atoms with van der Waals surface area (Å²) in [6.07, 6.45) is -0.192. The lowest BCUT2D eigenvalue weighted by atomic mass is 10.2. The highest BCUT2D eigenvalue weighted by atomic mass is 79.9. The highest BCUT2D eigenvalue weighted by Gasteiger charge is 2.19. The Morgan fingerprint density at radius 1 is 1.32 bits per heavy atom. The van der Waals surface area contributed by atoms with Crippen molar-refractivity contribution in [3.8, 4) is 5.75 Å². The first-order chi connectivity index (χ1) is 10.5. The molecule has 0 spiro atoms. The van der Waals surface area contributed by atoms with E-state index in [0.29, 0.717) is 16.6 Å². The summed E-state index contributed by atoms with van der Waals surface area (Å²) in [6, 6.07) is 11.9. The molecule has 1 N–H and O–H groups in total. The number of ether oxygens (including phenoxy) is 1. The molecule has 3 nitrogen and oxygen atoms in total. The van der Waals surface area contributed by atoms with Crippen LogP contribution in [0.5, 0.6) is 5.75 Å². The van der Waals surface area contributed by atoms with Crippen molar-refractivity contribution in [3.05, 3.63) is 58.3 Å². The van der Waals surface area contributed by atoms with Crippen LogP contribution in [0.1, 0.15) is 18.9 Å². The third-order valence-electron chi connectivity index (χ3n) is 3.12. The second-order valence-electron chi connectivity index (χ2n) is 4.94. The lowest BCUT2D eigenvalue weighted by Gasteiger charge is -2.18. The Hall–Kier alpha value is -1.88. The van der Waals surface area contributed by atoms with Gasteiger partial charge < -0.3 is 10.1 Å². The van der Waals surface area contributed by atoms with E-state index < -0.39 is 11.9 Å². The second kappa shape index (κ2) is 7.40. The number of hydrogen-bond acceptors (Lipinski definition) is 2. The number of nitrogens with one attached hydrogen (secondary N) is 1. The molecule has 0 fully saturated rings. The Labute approximate surface area is 137 Å². The molecule has 2 aromatic carbocycles. The van der Waals surface area contributed by atoms with Crippen LogP contribution in [-0.4, -0.2) is 12.0 Å². The number of carbonyl (C=O) groups is 1. The normalized spacial score (nSPS) is 11.8. The molecule has 1 unspecified atom stereocenters. The molecule has 0 saturated carbocycles. The molecule has 116 valence electrons. The highest BCUT2D eigenvalue weighted by Crippen LogP contribution is 2.21. The molecule has 0 saturated heterocycles. The molecule has 0 bridgehead atoms. The standard InChI is InChI=1S/C17H17BrFNO2/c1-3-16(22-13-6-4-5-11(2)9-13)17(21)20-15-8-7-12(18)10-14(15)19/h4-10,16H,3H2,1-2H3,(H,20,21). The molecule has 1 amide bonds. The van der Waals surface area contributed by atoms with Gasteiger partial charge in [0.05, 0.1) is 5.69 Å². The predicted molar refractivity (Wildman–Crippen MR) is 88.6 cm³/mol. The van der Waals surface area contributed by atoms with E-state index in [9.17, 15) is 9.18 Å². The lowest BCUT2D eigenvalue weighted by Crippen LogP contribution is -2.32. The molecule has 5 heteroatoms. The van der Waals surface area contributed by atoms with Crippen LogP contribution in [-0.2, 0) is 4.79 Å². The lowest BCUT2D eigenvalue weighted by molar-refractivity contribution is -0.122. The Morgan fingerprint density at radius 2 is 2.09 bits per heavy atom. The van der Waals surface area contributed by atoms with Gasteiger partial charge in [-0.1, -0.05) is 35.0 Å². The van der Waals surface area contributed by atoms with Gasteiger partial charge in [-0.3, -0.25) is 4.79 Å². The van der Waals surface area contributed by atoms with Crippen molar-refractivity contribution in [2.75, 3.05) is 5.32 Å². The molecular formula is C17H17BrFNO2. The van der Waals surface area contributed by atoms with Crippen LogP contribution in [0.2, 0.25) is 0 Å². The van der Waals surface area contributed by atoms with E-state index in [1.807, 2.05) is 32.0 Å². The predicted octanol–water partition coefficient (Wildman–Crippen LogP) is 4.69. The molecule has 0 heterocycles. The fraction of sp³-hybridized carbons (Fsp3) is 0.235. The average Bonchev–Trinajstić information content (AvgIpc) is 2.47. The van der Waals surface area contributed by atoms with Gasteiger partial charge in [0, 0.05) is 4.47 Å². The van der Waals surface area contributed by atoms with E-state index in [4.69, 9.17) is 4.74 Å². The van der Waals surface area contributed by atoms with Gasteiger partial charge in [0.15, 0.2) is 6.10 Å². The Morgan fingerprint density at radius 3 is 2.73 bits per heavy atom. The van der Waals surface area contributed by atoms with Gasteiger partial charge in [0.2, 0.25) is 0 Å². The van der Waals surface area contributed by atoms with Gasteiger partial charge in [-0.25, -0.2) is 4.39 Å². The van der Waals surface area contributed by atoms with Gasteiger partial charge in [0.1, 0.15) is 11.6 Å². The van der Waals surface area contributed by atoms with Crippen molar-refractivity contribution in [1.82, 2.24) is 0 Å². The SMILES string of the molecule is CCC(Oc1cccc(C)c1)C(=O)Nc1ccc(Br)cc1F. The Balaban J connectivity index is 2.08. The summed E-state index contributed by atoms with van der Waals surface area (Å²) in [5.74, 6) is -0.239. The topological polar surface area (TPSA) is 38.3 Å². The quantitative estimate of drug-likeness (QED) is 0.834. The zero-order valence-electron chi connectivity index (χ0n) is 12.4. The summed E-state index contributed by atoms with van der Waals surface area (Å²) in [5.41, 5.74) is 1.19. The molecule has 0 aliphatic rings. The maximum Gasteiger partial charge on any atom is 0.265 e. The Bertz CT molecular complexity index is 675. The van der Waals surface area contributed by atoms with Crippen LogP contribution in [0, 0.1) is 12.7 Å². The molecule has 0 aliphatic heterocycles. The molecule has 1 atom stereocenters. The maximum atomic E-state index is 13.8. The van der Waals surface area contributed by atoms with Crippen LogP contribution < -0.4 is 10.1 Å². The van der Waals surface area contributed by atoms with E-state index in [1.54, 1.807) is 12.1 Å². The van der Waals surface area contributed by atoms with Gasteiger partial charge >= 0.3 is 0 Å². The largest absolute Gasteiger partial charge is 0.481 e. The van der Waals surface area contributed by atoms with Crippen LogP contribution >= 0.6 is 15.9 Å². The van der Waals surface area contributed by atoms with Crippen molar-refractivity contribution in [3.63, 3.8) is 0 Å². The molecule has 0 aliphatic carbocycles. The van der Waals surface area contributed by atoms with Crippen LogP contribution in [0.3, 0.4) is 0 Å². The summed E-state index contributed by atoms with van der Waals surface area (Å²) >= 11 is 3.18. The highest BCUT2D eigenvalue weighted by molar-refractivity contribution is 9.10. The van der Waals surface area contributed by atoms with Crippen molar-refractivity contribution < 1.29 is 13.9 Å². The van der Waals surface area contributed by atoms with E-state index in [2.05, 4.69) is 21.2 Å².